The van der Waals surface area contributed by atoms with Crippen LogP contribution in [0.4, 0.5) is 0 Å². The Balaban J connectivity index is 3.17. The van der Waals surface area contributed by atoms with Gasteiger partial charge in [-0.25, -0.2) is 4.98 Å². The lowest BCUT2D eigenvalue weighted by atomic mass is 10.4. The van der Waals surface area contributed by atoms with Crippen molar-refractivity contribution in [3.63, 3.8) is 0 Å². The van der Waals surface area contributed by atoms with Crippen LogP contribution in [0.15, 0.2) is 12.3 Å². The zero-order valence-electron chi connectivity index (χ0n) is 4.37. The molecule has 0 saturated heterocycles. The number of rotatable bonds is 0. The molecule has 1 aromatic rings. The normalized spacial score (nSPS) is 9.44. The molecule has 9 heavy (non-hydrogen) atoms. The van der Waals surface area contributed by atoms with Gasteiger partial charge in [0, 0.05) is 12.3 Å². The Morgan fingerprint density at radius 2 is 2.11 bits per heavy atom. The molecule has 0 unspecified atom stereocenters. The second-order valence-electron chi connectivity index (χ2n) is 1.49. The summed E-state index contributed by atoms with van der Waals surface area (Å²) in [7, 11) is 0. The molecule has 0 atom stereocenters. The maximum absolute atomic E-state index is 8.89. The molecule has 0 spiro atoms. The largest absolute Gasteiger partial charge is 0.507 e. The van der Waals surface area contributed by atoms with Crippen molar-refractivity contribution >= 4 is 22.6 Å². The third-order valence-corrected chi connectivity index (χ3v) is 1.65. The highest BCUT2D eigenvalue weighted by Crippen LogP contribution is 2.20. The van der Waals surface area contributed by atoms with Crippen molar-refractivity contribution in [2.45, 2.75) is 0 Å². The van der Waals surface area contributed by atoms with E-state index >= 15 is 0 Å². The molecule has 0 aromatic carbocycles. The third kappa shape index (κ3) is 1.44. The predicted molar refractivity (Wildman–Crippen MR) is 40.3 cm³/mol. The average molecular weight is 237 g/mol. The van der Waals surface area contributed by atoms with Gasteiger partial charge in [0.2, 0.25) is 5.88 Å². The molecule has 2 N–H and O–H groups in total. The van der Waals surface area contributed by atoms with Gasteiger partial charge < -0.3 is 10.2 Å². The summed E-state index contributed by atoms with van der Waals surface area (Å²) in [5, 5.41) is 17.6. The van der Waals surface area contributed by atoms with Crippen LogP contribution in [0.2, 0.25) is 0 Å². The maximum atomic E-state index is 8.89. The Hall–Kier alpha value is -0.520. The summed E-state index contributed by atoms with van der Waals surface area (Å²) in [5.74, 6) is -0.101. The van der Waals surface area contributed by atoms with Crippen LogP contribution < -0.4 is 0 Å². The monoisotopic (exact) mass is 237 g/mol. The van der Waals surface area contributed by atoms with Crippen LogP contribution in [0.25, 0.3) is 0 Å². The molecular formula is C5H4INO2. The van der Waals surface area contributed by atoms with Crippen molar-refractivity contribution in [3.8, 4) is 11.6 Å². The first kappa shape index (κ1) is 6.60. The van der Waals surface area contributed by atoms with E-state index in [9.17, 15) is 0 Å². The number of nitrogens with zero attached hydrogens (tertiary/aromatic N) is 1. The predicted octanol–water partition coefficient (Wildman–Crippen LogP) is 1.10. The minimum absolute atomic E-state index is 0.0584. The number of hydrogen-bond acceptors (Lipinski definition) is 3. The van der Waals surface area contributed by atoms with E-state index in [1.54, 1.807) is 0 Å². The summed E-state index contributed by atoms with van der Waals surface area (Å²) in [6.45, 7) is 0. The van der Waals surface area contributed by atoms with E-state index in [1.807, 2.05) is 22.6 Å². The Kier molecular flexibility index (Phi) is 1.75. The Morgan fingerprint density at radius 3 is 2.56 bits per heavy atom. The highest BCUT2D eigenvalue weighted by atomic mass is 127. The van der Waals surface area contributed by atoms with Gasteiger partial charge in [-0.15, -0.1) is 0 Å². The van der Waals surface area contributed by atoms with E-state index in [2.05, 4.69) is 4.98 Å². The highest BCUT2D eigenvalue weighted by Gasteiger charge is 1.96. The number of pyridine rings is 1. The molecule has 0 aliphatic heterocycles. The molecule has 1 heterocycles. The average Bonchev–Trinajstić information content (AvgIpc) is 1.80. The van der Waals surface area contributed by atoms with Gasteiger partial charge in [0.15, 0.2) is 0 Å². The number of hydrogen-bond donors (Lipinski definition) is 2. The molecule has 0 bridgehead atoms. The second kappa shape index (κ2) is 2.38. The molecular weight excluding hydrogens is 233 g/mol. The molecule has 48 valence electrons. The molecule has 0 radical (unpaired) electrons. The summed E-state index contributed by atoms with van der Waals surface area (Å²) in [4.78, 5) is 3.53. The van der Waals surface area contributed by atoms with Gasteiger partial charge in [-0.05, 0) is 22.6 Å². The molecule has 0 amide bonds. The minimum Gasteiger partial charge on any atom is -0.507 e. The Morgan fingerprint density at radius 1 is 1.44 bits per heavy atom. The lowest BCUT2D eigenvalue weighted by Crippen LogP contribution is -1.76. The zero-order valence-corrected chi connectivity index (χ0v) is 6.53. The molecule has 0 aliphatic rings. The summed E-state index contributed by atoms with van der Waals surface area (Å²) < 4.78 is 0.630. The smallest absolute Gasteiger partial charge is 0.214 e. The Labute approximate surface area is 65.5 Å². The quantitative estimate of drug-likeness (QED) is 0.664. The zero-order chi connectivity index (χ0) is 6.85. The van der Waals surface area contributed by atoms with Gasteiger partial charge in [0.1, 0.15) is 5.75 Å². The fourth-order valence-corrected chi connectivity index (χ4v) is 0.712. The first-order valence-corrected chi connectivity index (χ1v) is 3.31. The summed E-state index contributed by atoms with van der Waals surface area (Å²) in [6, 6.07) is 1.20. The molecule has 0 saturated carbocycles. The lowest BCUT2D eigenvalue weighted by Gasteiger charge is -1.93. The van der Waals surface area contributed by atoms with Gasteiger partial charge in [0.05, 0.1) is 3.57 Å². The second-order valence-corrected chi connectivity index (χ2v) is 2.66. The molecule has 0 fully saturated rings. The SMILES string of the molecule is Oc1cc(O)c(I)cn1. The first-order valence-electron chi connectivity index (χ1n) is 2.23. The van der Waals surface area contributed by atoms with Gasteiger partial charge in [-0.2, -0.15) is 0 Å². The summed E-state index contributed by atoms with van der Waals surface area (Å²) >= 11 is 1.92. The van der Waals surface area contributed by atoms with E-state index in [4.69, 9.17) is 10.2 Å². The van der Waals surface area contributed by atoms with E-state index in [0.29, 0.717) is 3.57 Å². The molecule has 3 nitrogen and oxygen atoms in total. The molecule has 1 rings (SSSR count). The van der Waals surface area contributed by atoms with E-state index in [-0.39, 0.29) is 11.6 Å². The topological polar surface area (TPSA) is 53.4 Å². The van der Waals surface area contributed by atoms with Crippen LogP contribution in [0.5, 0.6) is 11.6 Å². The van der Waals surface area contributed by atoms with Crippen LogP contribution in [-0.2, 0) is 0 Å². The summed E-state index contributed by atoms with van der Waals surface area (Å²) in [5.41, 5.74) is 0. The van der Waals surface area contributed by atoms with Gasteiger partial charge in [0.25, 0.3) is 0 Å². The van der Waals surface area contributed by atoms with Crippen molar-refractivity contribution in [1.82, 2.24) is 4.98 Å². The Bertz CT molecular complexity index is 226. The third-order valence-electron chi connectivity index (χ3n) is 0.821. The van der Waals surface area contributed by atoms with Crippen LogP contribution in [0, 0.1) is 3.57 Å². The van der Waals surface area contributed by atoms with Crippen molar-refractivity contribution in [2.75, 3.05) is 0 Å². The van der Waals surface area contributed by atoms with E-state index in [0.717, 1.165) is 0 Å². The fraction of sp³-hybridized carbons (Fsp3) is 0. The minimum atomic E-state index is -0.159. The fourth-order valence-electron chi connectivity index (χ4n) is 0.417. The van der Waals surface area contributed by atoms with Crippen LogP contribution in [0.3, 0.4) is 0 Å². The van der Waals surface area contributed by atoms with Crippen LogP contribution >= 0.6 is 22.6 Å². The van der Waals surface area contributed by atoms with Crippen molar-refractivity contribution in [1.29, 1.82) is 0 Å². The van der Waals surface area contributed by atoms with E-state index < -0.39 is 0 Å². The highest BCUT2D eigenvalue weighted by molar-refractivity contribution is 14.1. The lowest BCUT2D eigenvalue weighted by molar-refractivity contribution is 0.433. The standard InChI is InChI=1S/C5H4INO2/c6-3-2-7-5(9)1-4(3)8/h1-2H,(H2,7,8,9). The van der Waals surface area contributed by atoms with Gasteiger partial charge >= 0.3 is 0 Å². The van der Waals surface area contributed by atoms with Crippen molar-refractivity contribution in [2.24, 2.45) is 0 Å². The van der Waals surface area contributed by atoms with Crippen LogP contribution in [0.1, 0.15) is 0 Å². The van der Waals surface area contributed by atoms with Crippen molar-refractivity contribution in [3.05, 3.63) is 15.8 Å². The first-order chi connectivity index (χ1) is 4.20. The molecule has 0 aliphatic carbocycles. The number of halogens is 1. The van der Waals surface area contributed by atoms with Gasteiger partial charge in [-0.3, -0.25) is 0 Å². The molecule has 4 heteroatoms. The van der Waals surface area contributed by atoms with E-state index in [1.165, 1.54) is 12.3 Å². The molecule has 1 aromatic heterocycles. The van der Waals surface area contributed by atoms with Gasteiger partial charge in [-0.1, -0.05) is 0 Å². The summed E-state index contributed by atoms with van der Waals surface area (Å²) in [6.07, 6.45) is 1.39. The number of aromatic hydroxyl groups is 2. The maximum Gasteiger partial charge on any atom is 0.214 e. The number of aromatic nitrogens is 1. The van der Waals surface area contributed by atoms with Crippen LogP contribution in [-0.4, -0.2) is 15.2 Å². The van der Waals surface area contributed by atoms with Crippen molar-refractivity contribution < 1.29 is 10.2 Å².